The number of halogens is 1. The van der Waals surface area contributed by atoms with Gasteiger partial charge in [-0.3, -0.25) is 4.72 Å². The summed E-state index contributed by atoms with van der Waals surface area (Å²) in [6.07, 6.45) is 0.978. The predicted molar refractivity (Wildman–Crippen MR) is 29.3 cm³/mol. The van der Waals surface area contributed by atoms with Crippen LogP contribution in [-0.4, -0.2) is 4.71 Å². The molecule has 0 spiro atoms. The lowest BCUT2D eigenvalue weighted by Gasteiger charge is -1.86. The highest BCUT2D eigenvalue weighted by Gasteiger charge is 2.10. The van der Waals surface area contributed by atoms with E-state index in [9.17, 15) is 0 Å². The molecule has 0 aromatic carbocycles. The lowest BCUT2D eigenvalue weighted by atomic mass is 10.5. The third-order valence-electron chi connectivity index (χ3n) is 0.582. The molecule has 0 aromatic heterocycles. The number of nitrogens with one attached hydrogen (secondary N) is 1. The molecule has 1 rings (SSSR count). The fraction of sp³-hybridized carbons (Fsp3) is 0.667. The Labute approximate surface area is 46.6 Å². The maximum Gasteiger partial charge on any atom is 0.0949 e. The zero-order valence-corrected chi connectivity index (χ0v) is 4.72. The zero-order chi connectivity index (χ0) is 4.41. The van der Waals surface area contributed by atoms with Gasteiger partial charge in [-0.15, -0.1) is 11.6 Å². The van der Waals surface area contributed by atoms with E-state index in [4.69, 9.17) is 11.6 Å². The summed E-state index contributed by atoms with van der Waals surface area (Å²) in [6, 6.07) is 0. The molecule has 1 nitrogen and oxygen atoms in total. The highest BCUT2D eigenvalue weighted by Crippen LogP contribution is 2.22. The second kappa shape index (κ2) is 2.05. The van der Waals surface area contributed by atoms with Crippen molar-refractivity contribution in [3.8, 4) is 0 Å². The van der Waals surface area contributed by atoms with Crippen LogP contribution in [0.5, 0.6) is 0 Å². The summed E-state index contributed by atoms with van der Waals surface area (Å²) in [7, 11) is 0. The molecule has 1 aliphatic rings. The number of hydrogen-bond donors (Lipinski definition) is 1. The van der Waals surface area contributed by atoms with Crippen molar-refractivity contribution in [2.75, 3.05) is 0 Å². The minimum Gasteiger partial charge on any atom is -0.258 e. The van der Waals surface area contributed by atoms with E-state index in [1.807, 2.05) is 6.54 Å². The van der Waals surface area contributed by atoms with Crippen LogP contribution in [-0.2, 0) is 0 Å². The smallest absolute Gasteiger partial charge is 0.0949 e. The van der Waals surface area contributed by atoms with Crippen molar-refractivity contribution >= 4 is 23.5 Å². The second-order valence-electron chi connectivity index (χ2n) is 1.09. The monoisotopic (exact) mass is 122 g/mol. The van der Waals surface area contributed by atoms with Gasteiger partial charge >= 0.3 is 0 Å². The van der Waals surface area contributed by atoms with Gasteiger partial charge in [-0.25, -0.2) is 0 Å². The molecule has 0 amide bonds. The molecular formula is C3H5ClNS. The van der Waals surface area contributed by atoms with Crippen LogP contribution >= 0.6 is 23.5 Å². The molecule has 0 aromatic rings. The van der Waals surface area contributed by atoms with Gasteiger partial charge in [-0.2, -0.15) is 0 Å². The molecule has 1 saturated heterocycles. The van der Waals surface area contributed by atoms with Gasteiger partial charge in [0.05, 0.1) is 4.71 Å². The SMILES string of the molecule is ClC1C[CH]NS1. The Morgan fingerprint density at radius 1 is 2.00 bits per heavy atom. The first-order chi connectivity index (χ1) is 2.89. The zero-order valence-electron chi connectivity index (χ0n) is 3.15. The normalized spacial score (nSPS) is 34.5. The quantitative estimate of drug-likeness (QED) is 0.385. The lowest BCUT2D eigenvalue weighted by Crippen LogP contribution is -1.83. The molecule has 1 aliphatic heterocycles. The third kappa shape index (κ3) is 1.03. The maximum absolute atomic E-state index is 5.58. The van der Waals surface area contributed by atoms with Gasteiger partial charge in [0.15, 0.2) is 0 Å². The summed E-state index contributed by atoms with van der Waals surface area (Å²) in [5, 5.41) is 0. The minimum absolute atomic E-state index is 0.269. The van der Waals surface area contributed by atoms with Gasteiger partial charge in [0.25, 0.3) is 0 Å². The van der Waals surface area contributed by atoms with E-state index in [-0.39, 0.29) is 4.71 Å². The van der Waals surface area contributed by atoms with E-state index < -0.39 is 0 Å². The molecule has 1 N–H and O–H groups in total. The number of rotatable bonds is 0. The molecule has 6 heavy (non-hydrogen) atoms. The van der Waals surface area contributed by atoms with Gasteiger partial charge in [-0.1, -0.05) is 11.9 Å². The average Bonchev–Trinajstić information content (AvgIpc) is 1.86. The number of hydrogen-bond acceptors (Lipinski definition) is 2. The summed E-state index contributed by atoms with van der Waals surface area (Å²) >= 11 is 7.14. The van der Waals surface area contributed by atoms with Crippen molar-refractivity contribution in [1.29, 1.82) is 0 Å². The highest BCUT2D eigenvalue weighted by atomic mass is 35.5. The van der Waals surface area contributed by atoms with Crippen LogP contribution in [0.25, 0.3) is 0 Å². The molecule has 0 saturated carbocycles. The Morgan fingerprint density at radius 3 is 3.00 bits per heavy atom. The van der Waals surface area contributed by atoms with Crippen molar-refractivity contribution in [3.63, 3.8) is 0 Å². The summed E-state index contributed by atoms with van der Waals surface area (Å²) in [5.74, 6) is 0. The molecule has 1 fully saturated rings. The van der Waals surface area contributed by atoms with Crippen LogP contribution < -0.4 is 4.72 Å². The fourth-order valence-corrected chi connectivity index (χ4v) is 1.09. The molecule has 3 heteroatoms. The largest absolute Gasteiger partial charge is 0.258 e. The predicted octanol–water partition coefficient (Wildman–Crippen LogP) is 1.35. The first kappa shape index (κ1) is 4.75. The van der Waals surface area contributed by atoms with Gasteiger partial charge in [0.1, 0.15) is 0 Å². The van der Waals surface area contributed by atoms with Crippen LogP contribution in [0.2, 0.25) is 0 Å². The van der Waals surface area contributed by atoms with Gasteiger partial charge in [0.2, 0.25) is 0 Å². The topological polar surface area (TPSA) is 12.0 Å². The Kier molecular flexibility index (Phi) is 1.62. The van der Waals surface area contributed by atoms with Crippen LogP contribution in [0.3, 0.4) is 0 Å². The van der Waals surface area contributed by atoms with Crippen LogP contribution in [0.4, 0.5) is 0 Å². The van der Waals surface area contributed by atoms with Crippen molar-refractivity contribution in [2.45, 2.75) is 11.1 Å². The van der Waals surface area contributed by atoms with Gasteiger partial charge in [-0.05, 0) is 6.42 Å². The van der Waals surface area contributed by atoms with Crippen LogP contribution in [0, 0.1) is 6.54 Å². The summed E-state index contributed by atoms with van der Waals surface area (Å²) in [4.78, 5) is 0. The first-order valence-corrected chi connectivity index (χ1v) is 3.08. The maximum atomic E-state index is 5.58. The van der Waals surface area contributed by atoms with E-state index in [2.05, 4.69) is 4.72 Å². The van der Waals surface area contributed by atoms with E-state index >= 15 is 0 Å². The van der Waals surface area contributed by atoms with Gasteiger partial charge in [0, 0.05) is 6.54 Å². The Bertz CT molecular complexity index is 44.1. The first-order valence-electron chi connectivity index (χ1n) is 1.76. The Balaban J connectivity index is 2.18. The second-order valence-corrected chi connectivity index (χ2v) is 2.91. The molecule has 1 heterocycles. The van der Waals surface area contributed by atoms with Crippen LogP contribution in [0.15, 0.2) is 0 Å². The lowest BCUT2D eigenvalue weighted by molar-refractivity contribution is 1.05. The van der Waals surface area contributed by atoms with E-state index in [0.717, 1.165) is 6.42 Å². The number of alkyl halides is 1. The summed E-state index contributed by atoms with van der Waals surface area (Å²) < 4.78 is 3.20. The fourth-order valence-electron chi connectivity index (χ4n) is 0.311. The summed E-state index contributed by atoms with van der Waals surface area (Å²) in [5.41, 5.74) is 0. The Hall–Kier alpha value is 0.600. The minimum atomic E-state index is 0.269. The van der Waals surface area contributed by atoms with Crippen molar-refractivity contribution in [2.24, 2.45) is 0 Å². The Morgan fingerprint density at radius 2 is 2.83 bits per heavy atom. The molecule has 35 valence electrons. The van der Waals surface area contributed by atoms with E-state index in [0.29, 0.717) is 0 Å². The van der Waals surface area contributed by atoms with Crippen molar-refractivity contribution < 1.29 is 0 Å². The molecule has 1 radical (unpaired) electrons. The van der Waals surface area contributed by atoms with E-state index in [1.54, 1.807) is 11.9 Å². The standard InChI is InChI=1S/C3H5ClNS/c4-3-1-2-5-6-3/h2-3,5H,1H2. The molecule has 1 atom stereocenters. The third-order valence-corrected chi connectivity index (χ3v) is 1.78. The van der Waals surface area contributed by atoms with Crippen molar-refractivity contribution in [1.82, 2.24) is 4.72 Å². The molecule has 0 bridgehead atoms. The van der Waals surface area contributed by atoms with E-state index in [1.165, 1.54) is 0 Å². The summed E-state index contributed by atoms with van der Waals surface area (Å²) in [6.45, 7) is 1.96. The molecule has 1 unspecified atom stereocenters. The molecule has 0 aliphatic carbocycles. The average molecular weight is 123 g/mol. The highest BCUT2D eigenvalue weighted by molar-refractivity contribution is 7.99. The molecular weight excluding hydrogens is 118 g/mol. The van der Waals surface area contributed by atoms with Crippen molar-refractivity contribution in [3.05, 3.63) is 6.54 Å². The van der Waals surface area contributed by atoms with Gasteiger partial charge < -0.3 is 0 Å². The van der Waals surface area contributed by atoms with Crippen LogP contribution in [0.1, 0.15) is 6.42 Å².